The maximum Gasteiger partial charge on any atom is 0.344 e. The number of halogens is 1. The molecular weight excluding hydrogens is 228 g/mol. The van der Waals surface area contributed by atoms with Crippen LogP contribution in [0.3, 0.4) is 0 Å². The summed E-state index contributed by atoms with van der Waals surface area (Å²) in [5.74, 6) is -1.91. The van der Waals surface area contributed by atoms with E-state index in [0.717, 1.165) is 0 Å². The summed E-state index contributed by atoms with van der Waals surface area (Å²) in [4.78, 5) is 37.8. The average Bonchev–Trinajstić information content (AvgIpc) is 1.99. The normalized spacial score (nSPS) is 20.4. The van der Waals surface area contributed by atoms with Crippen LogP contribution in [0.25, 0.3) is 0 Å². The first-order valence-corrected chi connectivity index (χ1v) is 4.07. The Labute approximate surface area is 88.2 Å². The maximum atomic E-state index is 11.1. The van der Waals surface area contributed by atoms with Gasteiger partial charge in [0.1, 0.15) is 0 Å². The summed E-state index contributed by atoms with van der Waals surface area (Å²) in [6.45, 7) is 1.18. The minimum atomic E-state index is -1.77. The van der Waals surface area contributed by atoms with Gasteiger partial charge in [-0.1, -0.05) is 11.6 Å². The second-order valence-corrected chi connectivity index (χ2v) is 2.96. The Kier molecular flexibility index (Phi) is 3.10. The summed E-state index contributed by atoms with van der Waals surface area (Å²) in [6.07, 6.45) is 0. The van der Waals surface area contributed by atoms with Crippen molar-refractivity contribution < 1.29 is 14.5 Å². The fourth-order valence-electron chi connectivity index (χ4n) is 0.845. The van der Waals surface area contributed by atoms with Crippen LogP contribution in [-0.2, 0) is 9.59 Å². The Hall–Kier alpha value is -1.83. The van der Waals surface area contributed by atoms with Gasteiger partial charge in [-0.15, -0.1) is 0 Å². The van der Waals surface area contributed by atoms with E-state index >= 15 is 0 Å². The molecule has 2 amide bonds. The van der Waals surface area contributed by atoms with E-state index in [1.165, 1.54) is 6.92 Å². The smallest absolute Gasteiger partial charge is 0.295 e. The second kappa shape index (κ2) is 4.13. The third-order valence-electron chi connectivity index (χ3n) is 1.39. The zero-order valence-corrected chi connectivity index (χ0v) is 8.19. The summed E-state index contributed by atoms with van der Waals surface area (Å²) >= 11 is 5.41. The quantitative estimate of drug-likeness (QED) is 0.475. The largest absolute Gasteiger partial charge is 0.344 e. The molecule has 0 radical (unpaired) electrons. The van der Waals surface area contributed by atoms with E-state index in [4.69, 9.17) is 11.6 Å². The van der Waals surface area contributed by atoms with E-state index in [1.807, 2.05) is 0 Å². The number of carbonyl (C=O) groups excluding carboxylic acids is 2. The molecule has 0 saturated carbocycles. The molecule has 1 N–H and O–H groups in total. The minimum absolute atomic E-state index is 0.337. The van der Waals surface area contributed by atoms with Gasteiger partial charge in [-0.2, -0.15) is 9.98 Å². The van der Waals surface area contributed by atoms with E-state index in [9.17, 15) is 19.7 Å². The predicted molar refractivity (Wildman–Crippen MR) is 50.3 cm³/mol. The number of guanidine groups is 1. The van der Waals surface area contributed by atoms with Gasteiger partial charge in [0.15, 0.2) is 5.17 Å². The molecule has 1 rings (SSSR count). The highest BCUT2D eigenvalue weighted by Gasteiger charge is 2.38. The van der Waals surface area contributed by atoms with Gasteiger partial charge in [-0.3, -0.25) is 25.0 Å². The first-order chi connectivity index (χ1) is 6.91. The molecule has 1 aliphatic heterocycles. The minimum Gasteiger partial charge on any atom is -0.295 e. The monoisotopic (exact) mass is 232 g/mol. The number of aliphatic imine (C=N–C) groups is 2. The lowest BCUT2D eigenvalue weighted by molar-refractivity contribution is -0.488. The standard InChI is InChI=1S/C6H5ClN4O4/c1-2(12)8-6-9-4(7)3(11(14)15)5(13)10-6/h3H,1H3,(H,8,10,12,13). The zero-order chi connectivity index (χ0) is 11.6. The van der Waals surface area contributed by atoms with Crippen molar-refractivity contribution in [2.75, 3.05) is 0 Å². The van der Waals surface area contributed by atoms with Gasteiger partial charge in [0.2, 0.25) is 11.9 Å². The second-order valence-electron chi connectivity index (χ2n) is 2.58. The maximum absolute atomic E-state index is 11.1. The average molecular weight is 233 g/mol. The van der Waals surface area contributed by atoms with Crippen molar-refractivity contribution in [2.24, 2.45) is 9.98 Å². The van der Waals surface area contributed by atoms with Gasteiger partial charge in [-0.25, -0.2) is 0 Å². The Morgan fingerprint density at radius 2 is 2.20 bits per heavy atom. The number of hydrogen-bond donors (Lipinski definition) is 1. The third-order valence-corrected chi connectivity index (χ3v) is 1.68. The topological polar surface area (TPSA) is 114 Å². The first-order valence-electron chi connectivity index (χ1n) is 3.69. The molecule has 0 aliphatic carbocycles. The number of nitrogens with zero attached hydrogens (tertiary/aromatic N) is 3. The van der Waals surface area contributed by atoms with Gasteiger partial charge in [-0.05, 0) is 0 Å². The molecule has 0 spiro atoms. The van der Waals surface area contributed by atoms with E-state index in [0.29, 0.717) is 0 Å². The van der Waals surface area contributed by atoms with Crippen molar-refractivity contribution in [3.63, 3.8) is 0 Å². The van der Waals surface area contributed by atoms with Gasteiger partial charge in [0, 0.05) is 11.8 Å². The zero-order valence-electron chi connectivity index (χ0n) is 7.43. The number of carbonyl (C=O) groups is 2. The third kappa shape index (κ3) is 2.56. The van der Waals surface area contributed by atoms with E-state index in [-0.39, 0.29) is 5.96 Å². The fraction of sp³-hybridized carbons (Fsp3) is 0.333. The molecule has 1 unspecified atom stereocenters. The van der Waals surface area contributed by atoms with Crippen molar-refractivity contribution in [1.82, 2.24) is 5.32 Å². The van der Waals surface area contributed by atoms with Crippen LogP contribution >= 0.6 is 11.6 Å². The summed E-state index contributed by atoms with van der Waals surface area (Å²) in [6, 6.07) is -1.77. The molecule has 0 saturated heterocycles. The van der Waals surface area contributed by atoms with E-state index in [2.05, 4.69) is 15.3 Å². The molecule has 1 atom stereocenters. The van der Waals surface area contributed by atoms with Crippen molar-refractivity contribution in [1.29, 1.82) is 0 Å². The molecule has 80 valence electrons. The highest BCUT2D eigenvalue weighted by Crippen LogP contribution is 2.07. The lowest BCUT2D eigenvalue weighted by Crippen LogP contribution is -2.41. The van der Waals surface area contributed by atoms with Crippen LogP contribution in [0.1, 0.15) is 6.92 Å². The Morgan fingerprint density at radius 1 is 1.60 bits per heavy atom. The summed E-state index contributed by atoms with van der Waals surface area (Å²) in [5.41, 5.74) is 0. The Balaban J connectivity index is 2.94. The van der Waals surface area contributed by atoms with E-state index < -0.39 is 28.0 Å². The number of hydrogen-bond acceptors (Lipinski definition) is 5. The molecule has 8 nitrogen and oxygen atoms in total. The van der Waals surface area contributed by atoms with Gasteiger partial charge in [0.05, 0.1) is 0 Å². The summed E-state index contributed by atoms with van der Waals surface area (Å²) in [5, 5.41) is 11.9. The van der Waals surface area contributed by atoms with Crippen LogP contribution in [-0.4, -0.2) is 33.9 Å². The number of rotatable bonds is 1. The molecule has 0 aromatic carbocycles. The number of amides is 2. The highest BCUT2D eigenvalue weighted by atomic mass is 35.5. The van der Waals surface area contributed by atoms with Gasteiger partial charge in [0.25, 0.3) is 0 Å². The first kappa shape index (κ1) is 11.2. The van der Waals surface area contributed by atoms with Gasteiger partial charge >= 0.3 is 11.9 Å². The molecule has 0 fully saturated rings. The lowest BCUT2D eigenvalue weighted by Gasteiger charge is -2.10. The molecule has 1 aliphatic rings. The predicted octanol–water partition coefficient (Wildman–Crippen LogP) is -0.699. The van der Waals surface area contributed by atoms with Crippen molar-refractivity contribution >= 4 is 34.5 Å². The molecule has 9 heteroatoms. The molecule has 0 aromatic rings. The molecule has 1 heterocycles. The SMILES string of the molecule is CC(=O)NC1=NC(=O)C([N+](=O)[O-])C(Cl)=N1. The molecule has 15 heavy (non-hydrogen) atoms. The summed E-state index contributed by atoms with van der Waals surface area (Å²) < 4.78 is 0. The summed E-state index contributed by atoms with van der Waals surface area (Å²) in [7, 11) is 0. The van der Waals surface area contributed by atoms with Crippen molar-refractivity contribution in [3.8, 4) is 0 Å². The van der Waals surface area contributed by atoms with Crippen LogP contribution in [0.4, 0.5) is 0 Å². The van der Waals surface area contributed by atoms with Crippen molar-refractivity contribution in [2.45, 2.75) is 13.0 Å². The number of nitro groups is 1. The Bertz CT molecular complexity index is 402. The number of nitrogens with one attached hydrogen (secondary N) is 1. The lowest BCUT2D eigenvalue weighted by atomic mass is 10.3. The van der Waals surface area contributed by atoms with Gasteiger partial charge < -0.3 is 0 Å². The molecule has 0 aromatic heterocycles. The van der Waals surface area contributed by atoms with E-state index in [1.54, 1.807) is 0 Å². The molecule has 0 bridgehead atoms. The van der Waals surface area contributed by atoms with Crippen LogP contribution in [0.15, 0.2) is 9.98 Å². The Morgan fingerprint density at radius 3 is 2.60 bits per heavy atom. The van der Waals surface area contributed by atoms with Crippen LogP contribution in [0.2, 0.25) is 0 Å². The van der Waals surface area contributed by atoms with Crippen LogP contribution in [0, 0.1) is 10.1 Å². The highest BCUT2D eigenvalue weighted by molar-refractivity contribution is 6.69. The van der Waals surface area contributed by atoms with Crippen LogP contribution in [0.5, 0.6) is 0 Å². The van der Waals surface area contributed by atoms with Crippen LogP contribution < -0.4 is 5.32 Å². The molecular formula is C6H5ClN4O4. The van der Waals surface area contributed by atoms with Crippen molar-refractivity contribution in [3.05, 3.63) is 10.1 Å². The fourth-order valence-corrected chi connectivity index (χ4v) is 1.10.